The van der Waals surface area contributed by atoms with Crippen molar-refractivity contribution in [2.24, 2.45) is 0 Å². The Morgan fingerprint density at radius 1 is 1.27 bits per heavy atom. The average molecular weight is 317 g/mol. The van der Waals surface area contributed by atoms with Crippen LogP contribution in [0.25, 0.3) is 11.3 Å². The highest BCUT2D eigenvalue weighted by atomic mass is 32.1. The fourth-order valence-electron chi connectivity index (χ4n) is 2.62. The van der Waals surface area contributed by atoms with Gasteiger partial charge in [-0.2, -0.15) is 0 Å². The number of nitrogens with one attached hydrogen (secondary N) is 1. The Hall–Kier alpha value is -1.76. The molecule has 0 saturated carbocycles. The maximum Gasteiger partial charge on any atom is 0.348 e. The van der Waals surface area contributed by atoms with E-state index in [1.165, 1.54) is 11.3 Å². The van der Waals surface area contributed by atoms with E-state index in [4.69, 9.17) is 0 Å². The number of carboxylic acids is 1. The van der Waals surface area contributed by atoms with Gasteiger partial charge in [-0.25, -0.2) is 9.78 Å². The van der Waals surface area contributed by atoms with E-state index in [-0.39, 0.29) is 0 Å². The highest BCUT2D eigenvalue weighted by Crippen LogP contribution is 2.29. The molecule has 0 aliphatic carbocycles. The Morgan fingerprint density at radius 2 is 2.09 bits per heavy atom. The smallest absolute Gasteiger partial charge is 0.348 e. The lowest BCUT2D eigenvalue weighted by Gasteiger charge is -2.17. The summed E-state index contributed by atoms with van der Waals surface area (Å²) in [5.74, 6) is -0.903. The second-order valence-corrected chi connectivity index (χ2v) is 6.42. The number of thiazole rings is 1. The van der Waals surface area contributed by atoms with E-state index in [0.717, 1.165) is 49.7 Å². The summed E-state index contributed by atoms with van der Waals surface area (Å²) >= 11 is 1.29. The molecule has 1 aliphatic heterocycles. The number of carboxylic acid groups (broad SMARTS) is 1. The molecule has 0 amide bonds. The number of nitrogens with zero attached hydrogens (tertiary/aromatic N) is 2. The third kappa shape index (κ3) is 3.52. The average Bonchev–Trinajstić information content (AvgIpc) is 2.78. The summed E-state index contributed by atoms with van der Waals surface area (Å²) < 4.78 is 0. The molecule has 2 heterocycles. The summed E-state index contributed by atoms with van der Waals surface area (Å²) in [6.07, 6.45) is 1.11. The van der Waals surface area contributed by atoms with E-state index in [0.29, 0.717) is 10.6 Å². The number of aromatic nitrogens is 1. The zero-order valence-corrected chi connectivity index (χ0v) is 13.1. The molecule has 3 rings (SSSR count). The van der Waals surface area contributed by atoms with Gasteiger partial charge in [-0.15, -0.1) is 11.3 Å². The van der Waals surface area contributed by atoms with E-state index in [1.54, 1.807) is 0 Å². The van der Waals surface area contributed by atoms with Gasteiger partial charge in [-0.1, -0.05) is 30.3 Å². The van der Waals surface area contributed by atoms with Crippen LogP contribution in [0.5, 0.6) is 0 Å². The van der Waals surface area contributed by atoms with Crippen molar-refractivity contribution in [1.29, 1.82) is 0 Å². The van der Waals surface area contributed by atoms with Crippen molar-refractivity contribution in [3.63, 3.8) is 0 Å². The Morgan fingerprint density at radius 3 is 2.86 bits per heavy atom. The lowest BCUT2D eigenvalue weighted by atomic mass is 10.1. The minimum atomic E-state index is -0.903. The molecule has 0 bridgehead atoms. The molecule has 1 aromatic heterocycles. The number of aromatic carboxylic acids is 1. The largest absolute Gasteiger partial charge is 0.477 e. The van der Waals surface area contributed by atoms with E-state index in [9.17, 15) is 9.90 Å². The summed E-state index contributed by atoms with van der Waals surface area (Å²) in [4.78, 5) is 18.8. The fraction of sp³-hybridized carbons (Fsp3) is 0.375. The summed E-state index contributed by atoms with van der Waals surface area (Å²) in [6, 6.07) is 9.53. The molecule has 2 N–H and O–H groups in total. The van der Waals surface area contributed by atoms with Crippen molar-refractivity contribution in [2.45, 2.75) is 13.0 Å². The minimum absolute atomic E-state index is 0.328. The van der Waals surface area contributed by atoms with Gasteiger partial charge in [0.15, 0.2) is 0 Å². The Bertz CT molecular complexity index is 634. The first-order valence-corrected chi connectivity index (χ1v) is 8.27. The van der Waals surface area contributed by atoms with Crippen LogP contribution in [-0.2, 0) is 6.54 Å². The molecule has 6 heteroatoms. The molecule has 0 radical (unpaired) electrons. The number of hydrogen-bond acceptors (Lipinski definition) is 5. The molecular weight excluding hydrogens is 298 g/mol. The van der Waals surface area contributed by atoms with Crippen LogP contribution in [0.2, 0.25) is 0 Å². The van der Waals surface area contributed by atoms with Gasteiger partial charge < -0.3 is 10.4 Å². The number of hydrogen-bond donors (Lipinski definition) is 2. The van der Waals surface area contributed by atoms with Crippen LogP contribution in [0.4, 0.5) is 0 Å². The van der Waals surface area contributed by atoms with E-state index in [2.05, 4.69) is 15.2 Å². The van der Waals surface area contributed by atoms with Crippen LogP contribution in [0.3, 0.4) is 0 Å². The van der Waals surface area contributed by atoms with Gasteiger partial charge in [0.1, 0.15) is 9.88 Å². The molecule has 0 atom stereocenters. The first-order valence-electron chi connectivity index (χ1n) is 7.45. The fourth-order valence-corrected chi connectivity index (χ4v) is 3.59. The maximum absolute atomic E-state index is 11.5. The predicted octanol–water partition coefficient (Wildman–Crippen LogP) is 2.30. The van der Waals surface area contributed by atoms with Gasteiger partial charge >= 0.3 is 5.97 Å². The van der Waals surface area contributed by atoms with Crippen LogP contribution >= 0.6 is 11.3 Å². The van der Waals surface area contributed by atoms with Crippen molar-refractivity contribution in [3.8, 4) is 11.3 Å². The molecule has 1 aliphatic rings. The first-order chi connectivity index (χ1) is 10.7. The molecule has 1 saturated heterocycles. The first kappa shape index (κ1) is 15.1. The monoisotopic (exact) mass is 317 g/mol. The molecule has 1 aromatic carbocycles. The van der Waals surface area contributed by atoms with Gasteiger partial charge in [0.2, 0.25) is 0 Å². The summed E-state index contributed by atoms with van der Waals surface area (Å²) in [5, 5.41) is 13.7. The number of rotatable bonds is 4. The summed E-state index contributed by atoms with van der Waals surface area (Å²) in [6.45, 7) is 4.74. The molecular formula is C16H19N3O2S. The van der Waals surface area contributed by atoms with Gasteiger partial charge in [-0.05, 0) is 19.5 Å². The molecule has 5 nitrogen and oxygen atoms in total. The molecule has 1 fully saturated rings. The molecule has 0 unspecified atom stereocenters. The van der Waals surface area contributed by atoms with Gasteiger partial charge in [0.25, 0.3) is 0 Å². The molecule has 2 aromatic rings. The molecule has 116 valence electrons. The van der Waals surface area contributed by atoms with E-state index < -0.39 is 5.97 Å². The quantitative estimate of drug-likeness (QED) is 0.906. The highest BCUT2D eigenvalue weighted by molar-refractivity contribution is 7.14. The van der Waals surface area contributed by atoms with Crippen molar-refractivity contribution in [2.75, 3.05) is 26.2 Å². The van der Waals surface area contributed by atoms with Crippen LogP contribution in [0, 0.1) is 0 Å². The van der Waals surface area contributed by atoms with Gasteiger partial charge in [0, 0.05) is 18.7 Å². The van der Waals surface area contributed by atoms with Crippen molar-refractivity contribution in [3.05, 3.63) is 40.2 Å². The maximum atomic E-state index is 11.5. The van der Waals surface area contributed by atoms with Crippen LogP contribution in [0.1, 0.15) is 21.1 Å². The highest BCUT2D eigenvalue weighted by Gasteiger charge is 2.20. The Labute approximate surface area is 133 Å². The van der Waals surface area contributed by atoms with Crippen molar-refractivity contribution >= 4 is 17.3 Å². The van der Waals surface area contributed by atoms with E-state index >= 15 is 0 Å². The molecule has 22 heavy (non-hydrogen) atoms. The summed E-state index contributed by atoms with van der Waals surface area (Å²) in [7, 11) is 0. The van der Waals surface area contributed by atoms with Crippen molar-refractivity contribution in [1.82, 2.24) is 15.2 Å². The van der Waals surface area contributed by atoms with Gasteiger partial charge in [0.05, 0.1) is 12.2 Å². The molecule has 0 spiro atoms. The minimum Gasteiger partial charge on any atom is -0.477 e. The second-order valence-electron chi connectivity index (χ2n) is 5.34. The zero-order chi connectivity index (χ0) is 15.4. The normalized spacial score (nSPS) is 16.4. The number of carbonyl (C=O) groups is 1. The Kier molecular flexibility index (Phi) is 4.82. The lowest BCUT2D eigenvalue weighted by molar-refractivity contribution is 0.0702. The zero-order valence-electron chi connectivity index (χ0n) is 12.3. The predicted molar refractivity (Wildman–Crippen MR) is 87.3 cm³/mol. The number of benzene rings is 1. The van der Waals surface area contributed by atoms with Crippen LogP contribution < -0.4 is 5.32 Å². The van der Waals surface area contributed by atoms with Gasteiger partial charge in [-0.3, -0.25) is 4.90 Å². The topological polar surface area (TPSA) is 65.5 Å². The van der Waals surface area contributed by atoms with Crippen LogP contribution in [0.15, 0.2) is 30.3 Å². The lowest BCUT2D eigenvalue weighted by Crippen LogP contribution is -2.27. The Balaban J connectivity index is 1.85. The standard InChI is InChI=1S/C16H19N3O2S/c20-16(21)15-14(12-5-2-1-3-6-12)18-13(22-15)11-19-9-4-7-17-8-10-19/h1-3,5-6,17H,4,7-11H2,(H,20,21). The summed E-state index contributed by atoms with van der Waals surface area (Å²) in [5.41, 5.74) is 1.45. The van der Waals surface area contributed by atoms with Crippen LogP contribution in [-0.4, -0.2) is 47.1 Å². The third-order valence-electron chi connectivity index (χ3n) is 3.70. The van der Waals surface area contributed by atoms with Crippen molar-refractivity contribution < 1.29 is 9.90 Å². The van der Waals surface area contributed by atoms with E-state index in [1.807, 2.05) is 30.3 Å². The second kappa shape index (κ2) is 7.00. The SMILES string of the molecule is O=C(O)c1sc(CN2CCCNCC2)nc1-c1ccccc1. The third-order valence-corrected chi connectivity index (χ3v) is 4.73.